The van der Waals surface area contributed by atoms with Gasteiger partial charge in [-0.25, -0.2) is 0 Å². The highest BCUT2D eigenvalue weighted by Crippen LogP contribution is 2.60. The van der Waals surface area contributed by atoms with Crippen LogP contribution in [0, 0.1) is 23.2 Å². The third-order valence-corrected chi connectivity index (χ3v) is 5.51. The average Bonchev–Trinajstić information content (AvgIpc) is 3.15. The van der Waals surface area contributed by atoms with E-state index < -0.39 is 0 Å². The first kappa shape index (κ1) is 11.1. The van der Waals surface area contributed by atoms with Crippen molar-refractivity contribution in [3.05, 3.63) is 0 Å². The molecule has 0 aromatic rings. The second-order valence-electron chi connectivity index (χ2n) is 6.79. The molecule has 3 aliphatic carbocycles. The van der Waals surface area contributed by atoms with E-state index in [9.17, 15) is 0 Å². The van der Waals surface area contributed by atoms with Crippen LogP contribution in [0.2, 0.25) is 0 Å². The average molecular weight is 221 g/mol. The van der Waals surface area contributed by atoms with Gasteiger partial charge in [0.25, 0.3) is 0 Å². The molecular weight excluding hydrogens is 194 g/mol. The molecular formula is C15H27N. The lowest BCUT2D eigenvalue weighted by molar-refractivity contribution is 0.240. The molecule has 1 heteroatoms. The Balaban J connectivity index is 1.39. The summed E-state index contributed by atoms with van der Waals surface area (Å²) in [5.74, 6) is 3.06. The van der Waals surface area contributed by atoms with E-state index in [1.807, 2.05) is 0 Å². The summed E-state index contributed by atoms with van der Waals surface area (Å²) in [6.07, 6.45) is 12.0. The van der Waals surface area contributed by atoms with E-state index in [2.05, 4.69) is 12.2 Å². The van der Waals surface area contributed by atoms with Gasteiger partial charge in [-0.15, -0.1) is 0 Å². The first-order chi connectivity index (χ1) is 7.80. The van der Waals surface area contributed by atoms with Crippen molar-refractivity contribution in [2.75, 3.05) is 13.1 Å². The molecule has 0 saturated heterocycles. The van der Waals surface area contributed by atoms with Crippen LogP contribution in [-0.2, 0) is 0 Å². The minimum Gasteiger partial charge on any atom is -0.316 e. The van der Waals surface area contributed by atoms with Crippen LogP contribution in [0.15, 0.2) is 0 Å². The van der Waals surface area contributed by atoms with E-state index in [4.69, 9.17) is 0 Å². The molecule has 16 heavy (non-hydrogen) atoms. The van der Waals surface area contributed by atoms with E-state index in [0.29, 0.717) is 0 Å². The Labute approximate surface area is 100 Å². The van der Waals surface area contributed by atoms with Gasteiger partial charge in [-0.05, 0) is 61.8 Å². The lowest BCUT2D eigenvalue weighted by atomic mass is 9.80. The highest BCUT2D eigenvalue weighted by atomic mass is 14.9. The topological polar surface area (TPSA) is 12.0 Å². The summed E-state index contributed by atoms with van der Waals surface area (Å²) in [5, 5.41) is 3.81. The summed E-state index contributed by atoms with van der Waals surface area (Å²) in [5.41, 5.74) is 0.790. The molecule has 0 radical (unpaired) electrons. The van der Waals surface area contributed by atoms with Gasteiger partial charge in [0.05, 0.1) is 0 Å². The fourth-order valence-electron chi connectivity index (χ4n) is 3.79. The third kappa shape index (κ3) is 2.30. The van der Waals surface area contributed by atoms with Gasteiger partial charge in [0.15, 0.2) is 0 Å². The lowest BCUT2D eigenvalue weighted by Crippen LogP contribution is -2.33. The van der Waals surface area contributed by atoms with Gasteiger partial charge in [-0.2, -0.15) is 0 Å². The monoisotopic (exact) mass is 221 g/mol. The van der Waals surface area contributed by atoms with Crippen LogP contribution in [0.3, 0.4) is 0 Å². The van der Waals surface area contributed by atoms with Crippen molar-refractivity contribution in [1.29, 1.82) is 0 Å². The highest BCUT2D eigenvalue weighted by Gasteiger charge is 2.53. The van der Waals surface area contributed by atoms with Crippen molar-refractivity contribution in [3.8, 4) is 0 Å². The van der Waals surface area contributed by atoms with Crippen LogP contribution >= 0.6 is 0 Å². The third-order valence-electron chi connectivity index (χ3n) is 5.51. The van der Waals surface area contributed by atoms with E-state index in [-0.39, 0.29) is 0 Å². The predicted octanol–water partition coefficient (Wildman–Crippen LogP) is 3.59. The van der Waals surface area contributed by atoms with Gasteiger partial charge in [-0.1, -0.05) is 26.2 Å². The van der Waals surface area contributed by atoms with Gasteiger partial charge in [0.2, 0.25) is 0 Å². The fraction of sp³-hybridized carbons (Fsp3) is 1.00. The zero-order valence-corrected chi connectivity index (χ0v) is 10.8. The van der Waals surface area contributed by atoms with Crippen molar-refractivity contribution >= 4 is 0 Å². The summed E-state index contributed by atoms with van der Waals surface area (Å²) in [4.78, 5) is 0. The van der Waals surface area contributed by atoms with Crippen molar-refractivity contribution in [2.45, 2.75) is 58.3 Å². The second-order valence-corrected chi connectivity index (χ2v) is 6.79. The maximum atomic E-state index is 3.81. The Morgan fingerprint density at radius 2 is 1.81 bits per heavy atom. The van der Waals surface area contributed by atoms with Crippen LogP contribution in [0.4, 0.5) is 0 Å². The smallest absolute Gasteiger partial charge is 0.00106 e. The molecule has 0 amide bonds. The summed E-state index contributed by atoms with van der Waals surface area (Å²) < 4.78 is 0. The summed E-state index contributed by atoms with van der Waals surface area (Å²) in [6, 6.07) is 0. The summed E-state index contributed by atoms with van der Waals surface area (Å²) in [6.45, 7) is 5.09. The number of hydrogen-bond acceptors (Lipinski definition) is 1. The molecule has 2 unspecified atom stereocenters. The van der Waals surface area contributed by atoms with Crippen molar-refractivity contribution in [3.63, 3.8) is 0 Å². The van der Waals surface area contributed by atoms with Gasteiger partial charge in [0, 0.05) is 6.54 Å². The quantitative estimate of drug-likeness (QED) is 0.748. The number of nitrogens with one attached hydrogen (secondary N) is 1. The first-order valence-corrected chi connectivity index (χ1v) is 7.51. The summed E-state index contributed by atoms with van der Waals surface area (Å²) in [7, 11) is 0. The van der Waals surface area contributed by atoms with Crippen molar-refractivity contribution < 1.29 is 0 Å². The van der Waals surface area contributed by atoms with Crippen LogP contribution in [0.1, 0.15) is 58.3 Å². The maximum absolute atomic E-state index is 3.81. The van der Waals surface area contributed by atoms with E-state index in [0.717, 1.165) is 23.2 Å². The predicted molar refractivity (Wildman–Crippen MR) is 68.4 cm³/mol. The standard InChI is InChI=1S/C15H27N/c1-12-4-2-3-5-13(12)10-16-11-15(8-9-15)14-6-7-14/h12-14,16H,2-11H2,1H3. The van der Waals surface area contributed by atoms with Crippen LogP contribution in [0.25, 0.3) is 0 Å². The SMILES string of the molecule is CC1CCCCC1CNCC1(C2CC2)CC1. The van der Waals surface area contributed by atoms with Gasteiger partial charge < -0.3 is 5.32 Å². The molecule has 1 nitrogen and oxygen atoms in total. The minimum atomic E-state index is 0.790. The Morgan fingerprint density at radius 3 is 2.44 bits per heavy atom. The molecule has 3 rings (SSSR count). The molecule has 92 valence electrons. The molecule has 3 aliphatic rings. The lowest BCUT2D eigenvalue weighted by Gasteiger charge is -2.29. The second kappa shape index (κ2) is 4.33. The largest absolute Gasteiger partial charge is 0.316 e. The fourth-order valence-corrected chi connectivity index (χ4v) is 3.79. The molecule has 0 bridgehead atoms. The highest BCUT2D eigenvalue weighted by molar-refractivity contribution is 5.05. The van der Waals surface area contributed by atoms with Crippen molar-refractivity contribution in [1.82, 2.24) is 5.32 Å². The Morgan fingerprint density at radius 1 is 1.06 bits per heavy atom. The van der Waals surface area contributed by atoms with E-state index in [1.54, 1.807) is 0 Å². The van der Waals surface area contributed by atoms with Crippen LogP contribution in [-0.4, -0.2) is 13.1 Å². The molecule has 0 aromatic heterocycles. The van der Waals surface area contributed by atoms with E-state index in [1.165, 1.54) is 64.5 Å². The van der Waals surface area contributed by atoms with Crippen molar-refractivity contribution in [2.24, 2.45) is 23.2 Å². The molecule has 0 spiro atoms. The van der Waals surface area contributed by atoms with Gasteiger partial charge in [-0.3, -0.25) is 0 Å². The molecule has 3 saturated carbocycles. The van der Waals surface area contributed by atoms with Gasteiger partial charge >= 0.3 is 0 Å². The minimum absolute atomic E-state index is 0.790. The Bertz CT molecular complexity index is 240. The van der Waals surface area contributed by atoms with E-state index >= 15 is 0 Å². The summed E-state index contributed by atoms with van der Waals surface area (Å²) >= 11 is 0. The first-order valence-electron chi connectivity index (χ1n) is 7.51. The zero-order chi connectivity index (χ0) is 11.0. The maximum Gasteiger partial charge on any atom is 0.00106 e. The molecule has 2 atom stereocenters. The van der Waals surface area contributed by atoms with Crippen LogP contribution < -0.4 is 5.32 Å². The normalized spacial score (nSPS) is 37.3. The number of rotatable bonds is 5. The number of hydrogen-bond donors (Lipinski definition) is 1. The molecule has 0 heterocycles. The molecule has 1 N–H and O–H groups in total. The van der Waals surface area contributed by atoms with Crippen LogP contribution in [0.5, 0.6) is 0 Å². The zero-order valence-electron chi connectivity index (χ0n) is 10.8. The Kier molecular flexibility index (Phi) is 2.99. The molecule has 3 fully saturated rings. The Hall–Kier alpha value is -0.0400. The van der Waals surface area contributed by atoms with Gasteiger partial charge in [0.1, 0.15) is 0 Å². The molecule has 0 aromatic carbocycles. The molecule has 0 aliphatic heterocycles.